The Hall–Kier alpha value is -2.35. The maximum atomic E-state index is 12.2. The maximum Gasteiger partial charge on any atom is 0.258 e. The monoisotopic (exact) mass is 382 g/mol. The highest BCUT2D eigenvalue weighted by atomic mass is 32.1. The molecule has 0 saturated carbocycles. The van der Waals surface area contributed by atoms with E-state index in [-0.39, 0.29) is 5.56 Å². The molecule has 1 N–H and O–H groups in total. The summed E-state index contributed by atoms with van der Waals surface area (Å²) >= 11 is 3.35. The fourth-order valence-electron chi connectivity index (χ4n) is 2.83. The van der Waals surface area contributed by atoms with Crippen molar-refractivity contribution in [3.05, 3.63) is 68.3 Å². The number of aromatic nitrogens is 3. The molecule has 0 spiro atoms. The molecule has 0 unspecified atom stereocenters. The highest BCUT2D eigenvalue weighted by Crippen LogP contribution is 2.26. The lowest BCUT2D eigenvalue weighted by Gasteiger charge is -2.18. The van der Waals surface area contributed by atoms with Gasteiger partial charge in [-0.05, 0) is 30.1 Å². The van der Waals surface area contributed by atoms with E-state index in [1.807, 2.05) is 18.2 Å². The topological polar surface area (TPSA) is 61.9 Å². The molecule has 0 amide bonds. The fraction of sp³-hybridized carbons (Fsp3) is 0.211. The Labute approximate surface area is 159 Å². The predicted octanol–water partition coefficient (Wildman–Crippen LogP) is 4.13. The van der Waals surface area contributed by atoms with Crippen molar-refractivity contribution in [2.24, 2.45) is 0 Å². The van der Waals surface area contributed by atoms with Crippen LogP contribution in [0.15, 0.2) is 51.3 Å². The second-order valence-corrected chi connectivity index (χ2v) is 7.63. The molecule has 5 nitrogen and oxygen atoms in total. The van der Waals surface area contributed by atoms with Crippen LogP contribution >= 0.6 is 22.7 Å². The molecule has 0 fully saturated rings. The minimum Gasteiger partial charge on any atom is -0.309 e. The van der Waals surface area contributed by atoms with E-state index >= 15 is 0 Å². The third-order valence-corrected chi connectivity index (χ3v) is 5.81. The number of rotatable bonds is 6. The van der Waals surface area contributed by atoms with Gasteiger partial charge in [-0.1, -0.05) is 19.1 Å². The molecule has 26 heavy (non-hydrogen) atoms. The predicted molar refractivity (Wildman–Crippen MR) is 108 cm³/mol. The summed E-state index contributed by atoms with van der Waals surface area (Å²) in [5.74, 6) is 0.684. The Kier molecular flexibility index (Phi) is 4.92. The zero-order chi connectivity index (χ0) is 17.9. The second-order valence-electron chi connectivity index (χ2n) is 5.99. The zero-order valence-corrected chi connectivity index (χ0v) is 15.9. The van der Waals surface area contributed by atoms with Gasteiger partial charge in [-0.2, -0.15) is 11.3 Å². The van der Waals surface area contributed by atoms with Gasteiger partial charge in [0.1, 0.15) is 10.8 Å². The van der Waals surface area contributed by atoms with Crippen LogP contribution in [-0.4, -0.2) is 26.4 Å². The number of hydrogen-bond acceptors (Lipinski definition) is 6. The van der Waals surface area contributed by atoms with Crippen LogP contribution in [-0.2, 0) is 13.1 Å². The van der Waals surface area contributed by atoms with E-state index in [0.717, 1.165) is 29.3 Å². The van der Waals surface area contributed by atoms with Gasteiger partial charge in [-0.25, -0.2) is 9.97 Å². The first-order valence-corrected chi connectivity index (χ1v) is 10.2. The summed E-state index contributed by atoms with van der Waals surface area (Å²) in [5, 5.41) is 7.96. The van der Waals surface area contributed by atoms with Crippen molar-refractivity contribution < 1.29 is 0 Å². The average Bonchev–Trinajstić information content (AvgIpc) is 3.33. The average molecular weight is 383 g/mol. The third-order valence-electron chi connectivity index (χ3n) is 4.19. The van der Waals surface area contributed by atoms with Gasteiger partial charge in [0.15, 0.2) is 0 Å². The molecule has 0 radical (unpaired) electrons. The molecule has 1 aromatic carbocycles. The smallest absolute Gasteiger partial charge is 0.258 e. The molecule has 3 aromatic heterocycles. The number of thiophene rings is 1. The van der Waals surface area contributed by atoms with Crippen molar-refractivity contribution in [2.45, 2.75) is 20.0 Å². The number of thiazole rings is 1. The lowest BCUT2D eigenvalue weighted by atomic mass is 10.2. The van der Waals surface area contributed by atoms with Gasteiger partial charge in [-0.3, -0.25) is 9.69 Å². The Morgan fingerprint density at radius 3 is 2.81 bits per heavy atom. The molecule has 4 aromatic rings. The zero-order valence-electron chi connectivity index (χ0n) is 14.3. The number of hydrogen-bond donors (Lipinski definition) is 1. The van der Waals surface area contributed by atoms with Crippen LogP contribution in [0.5, 0.6) is 0 Å². The van der Waals surface area contributed by atoms with Crippen molar-refractivity contribution in [3.8, 4) is 10.6 Å². The number of fused-ring (bicyclic) bond motifs is 1. The molecular formula is C19H18N4OS2. The van der Waals surface area contributed by atoms with E-state index in [1.165, 1.54) is 5.56 Å². The quantitative estimate of drug-likeness (QED) is 0.545. The van der Waals surface area contributed by atoms with Gasteiger partial charge < -0.3 is 4.98 Å². The van der Waals surface area contributed by atoms with Crippen LogP contribution in [0.4, 0.5) is 0 Å². The molecule has 0 aliphatic heterocycles. The van der Waals surface area contributed by atoms with E-state index in [4.69, 9.17) is 4.98 Å². The first kappa shape index (κ1) is 17.1. The van der Waals surface area contributed by atoms with E-state index in [2.05, 4.69) is 44.0 Å². The summed E-state index contributed by atoms with van der Waals surface area (Å²) < 4.78 is 0. The number of para-hydroxylation sites is 1. The van der Waals surface area contributed by atoms with Crippen molar-refractivity contribution >= 4 is 33.6 Å². The van der Waals surface area contributed by atoms with Gasteiger partial charge in [0.05, 0.1) is 23.1 Å². The minimum absolute atomic E-state index is 0.0879. The molecule has 3 heterocycles. The largest absolute Gasteiger partial charge is 0.309 e. The summed E-state index contributed by atoms with van der Waals surface area (Å²) in [5.41, 5.74) is 2.86. The van der Waals surface area contributed by atoms with Crippen LogP contribution in [0.2, 0.25) is 0 Å². The van der Waals surface area contributed by atoms with E-state index in [0.29, 0.717) is 17.8 Å². The lowest BCUT2D eigenvalue weighted by Crippen LogP contribution is -2.25. The molecule has 4 rings (SSSR count). The molecule has 0 aliphatic rings. The van der Waals surface area contributed by atoms with Gasteiger partial charge in [0, 0.05) is 22.9 Å². The van der Waals surface area contributed by atoms with Gasteiger partial charge in [-0.15, -0.1) is 11.3 Å². The summed E-state index contributed by atoms with van der Waals surface area (Å²) in [4.78, 5) is 26.7. The van der Waals surface area contributed by atoms with Crippen molar-refractivity contribution in [1.29, 1.82) is 0 Å². The van der Waals surface area contributed by atoms with Gasteiger partial charge in [0.25, 0.3) is 5.56 Å². The second kappa shape index (κ2) is 7.49. The first-order chi connectivity index (χ1) is 12.7. The molecule has 0 aliphatic carbocycles. The molecule has 7 heteroatoms. The van der Waals surface area contributed by atoms with Gasteiger partial charge >= 0.3 is 0 Å². The Balaban J connectivity index is 1.52. The molecule has 132 valence electrons. The summed E-state index contributed by atoms with van der Waals surface area (Å²) in [6.45, 7) is 4.27. The molecule has 0 bridgehead atoms. The van der Waals surface area contributed by atoms with E-state index in [1.54, 1.807) is 28.7 Å². The summed E-state index contributed by atoms with van der Waals surface area (Å²) in [6.07, 6.45) is 0. The highest BCUT2D eigenvalue weighted by Gasteiger charge is 2.12. The van der Waals surface area contributed by atoms with E-state index < -0.39 is 0 Å². The number of nitrogens with one attached hydrogen (secondary N) is 1. The number of nitrogens with zero attached hydrogens (tertiary/aromatic N) is 3. The number of H-pyrrole nitrogens is 1. The third kappa shape index (κ3) is 3.60. The minimum atomic E-state index is -0.0879. The molecule has 0 saturated heterocycles. The maximum absolute atomic E-state index is 12.2. The summed E-state index contributed by atoms with van der Waals surface area (Å²) in [7, 11) is 0. The Bertz CT molecular complexity index is 1070. The van der Waals surface area contributed by atoms with Crippen LogP contribution in [0.1, 0.15) is 18.4 Å². The molecular weight excluding hydrogens is 364 g/mol. The first-order valence-electron chi connectivity index (χ1n) is 8.40. The Morgan fingerprint density at radius 2 is 2.00 bits per heavy atom. The number of aromatic amines is 1. The standard InChI is InChI=1S/C19H18N4OS2/c1-2-23(9-14-12-26-19(20-14)13-7-8-25-11-13)10-17-21-16-6-4-3-5-15(16)18(24)22-17/h3-8,11-12H,2,9-10H2,1H3,(H,21,22,24). The van der Waals surface area contributed by atoms with Crippen LogP contribution in [0.25, 0.3) is 21.5 Å². The highest BCUT2D eigenvalue weighted by molar-refractivity contribution is 7.14. The lowest BCUT2D eigenvalue weighted by molar-refractivity contribution is 0.262. The SMILES string of the molecule is CCN(Cc1csc(-c2ccsc2)n1)Cc1nc2ccccc2c(=O)[nH]1. The molecule has 0 atom stereocenters. The van der Waals surface area contributed by atoms with Crippen molar-refractivity contribution in [3.63, 3.8) is 0 Å². The van der Waals surface area contributed by atoms with Crippen molar-refractivity contribution in [2.75, 3.05) is 6.54 Å². The number of benzene rings is 1. The van der Waals surface area contributed by atoms with Crippen LogP contribution in [0.3, 0.4) is 0 Å². The van der Waals surface area contributed by atoms with Crippen LogP contribution < -0.4 is 5.56 Å². The Morgan fingerprint density at radius 1 is 1.12 bits per heavy atom. The van der Waals surface area contributed by atoms with Crippen molar-refractivity contribution in [1.82, 2.24) is 19.9 Å². The fourth-order valence-corrected chi connectivity index (χ4v) is 4.35. The van der Waals surface area contributed by atoms with Crippen LogP contribution in [0, 0.1) is 0 Å². The van der Waals surface area contributed by atoms with E-state index in [9.17, 15) is 4.79 Å². The summed E-state index contributed by atoms with van der Waals surface area (Å²) in [6, 6.07) is 9.51. The normalized spacial score (nSPS) is 11.5. The van der Waals surface area contributed by atoms with Gasteiger partial charge in [0.2, 0.25) is 0 Å².